The van der Waals surface area contributed by atoms with Gasteiger partial charge in [0.1, 0.15) is 0 Å². The van der Waals surface area contributed by atoms with Gasteiger partial charge in [-0.15, -0.1) is 0 Å². The molecule has 2 nitrogen and oxygen atoms in total. The van der Waals surface area contributed by atoms with E-state index in [0.717, 1.165) is 24.7 Å². The third kappa shape index (κ3) is 6.41. The van der Waals surface area contributed by atoms with Gasteiger partial charge in [-0.2, -0.15) is 0 Å². The molecule has 66 heavy (non-hydrogen) atoms. The summed E-state index contributed by atoms with van der Waals surface area (Å²) < 4.78 is 0. The van der Waals surface area contributed by atoms with Gasteiger partial charge in [0.15, 0.2) is 0 Å². The standard InChI is InChI=1S/C64H66N2/c1-5-43(6-2)38-44-20-17-21-45(39-44)53-28-14-16-31-58(53)66(51-26-11-8-12-27-51)60-33-19-23-47-41-49-35-34-48-40-46-22-18-32-59(61(46)64(48,49)62(47)60)65(50-24-9-7-10-25-50)52-36-37-55-54-29-13-15-30-56(54)63(3,4)57(55)42-52/h7-16,18-19,22-33,36-37,42-45,48-49H,5-6,17,20-21,34-35,38-41H2,1-4H3. The zero-order valence-electron chi connectivity index (χ0n) is 39.6. The first-order valence-electron chi connectivity index (χ1n) is 25.7. The van der Waals surface area contributed by atoms with Crippen molar-refractivity contribution in [2.24, 2.45) is 23.7 Å². The van der Waals surface area contributed by atoms with E-state index in [1.165, 1.54) is 125 Å². The van der Waals surface area contributed by atoms with Crippen molar-refractivity contribution in [2.75, 3.05) is 9.80 Å². The Hall–Kier alpha value is -5.86. The molecule has 2 heteroatoms. The zero-order chi connectivity index (χ0) is 44.6. The lowest BCUT2D eigenvalue weighted by Gasteiger charge is -2.41. The number of hydrogen-bond donors (Lipinski definition) is 0. The zero-order valence-corrected chi connectivity index (χ0v) is 39.6. The minimum absolute atomic E-state index is 0.0915. The number of nitrogens with zero attached hydrogens (tertiary/aromatic N) is 2. The number of hydrogen-bond acceptors (Lipinski definition) is 2. The maximum absolute atomic E-state index is 2.72. The lowest BCUT2D eigenvalue weighted by atomic mass is 9.68. The molecule has 0 heterocycles. The van der Waals surface area contributed by atoms with Crippen molar-refractivity contribution in [1.82, 2.24) is 0 Å². The summed E-state index contributed by atoms with van der Waals surface area (Å²) in [4.78, 5) is 5.36. The molecule has 7 aromatic rings. The summed E-state index contributed by atoms with van der Waals surface area (Å²) >= 11 is 0. The first-order valence-corrected chi connectivity index (χ1v) is 25.7. The highest BCUT2D eigenvalue weighted by Gasteiger charge is 2.62. The van der Waals surface area contributed by atoms with Gasteiger partial charge in [-0.3, -0.25) is 0 Å². The average molecular weight is 863 g/mol. The first kappa shape index (κ1) is 41.6. The van der Waals surface area contributed by atoms with E-state index in [9.17, 15) is 0 Å². The summed E-state index contributed by atoms with van der Waals surface area (Å²) in [6.07, 6.45) is 14.1. The minimum Gasteiger partial charge on any atom is -0.310 e. The van der Waals surface area contributed by atoms with E-state index in [4.69, 9.17) is 0 Å². The van der Waals surface area contributed by atoms with Gasteiger partial charge in [0.2, 0.25) is 0 Å². The van der Waals surface area contributed by atoms with Crippen LogP contribution in [-0.2, 0) is 23.7 Å². The molecule has 5 aliphatic rings. The highest BCUT2D eigenvalue weighted by molar-refractivity contribution is 5.89. The highest BCUT2D eigenvalue weighted by Crippen LogP contribution is 2.69. The van der Waals surface area contributed by atoms with Crippen molar-refractivity contribution in [3.05, 3.63) is 203 Å². The number of rotatable bonds is 11. The second kappa shape index (κ2) is 16.5. The first-order chi connectivity index (χ1) is 32.4. The van der Waals surface area contributed by atoms with Crippen LogP contribution in [0.2, 0.25) is 0 Å². The fraction of sp³-hybridized carbons (Fsp3) is 0.344. The Bertz CT molecular complexity index is 2900. The Morgan fingerprint density at radius 2 is 1.09 bits per heavy atom. The van der Waals surface area contributed by atoms with Crippen LogP contribution in [0.15, 0.2) is 164 Å². The molecule has 0 radical (unpaired) electrons. The van der Waals surface area contributed by atoms with Crippen molar-refractivity contribution >= 4 is 34.1 Å². The van der Waals surface area contributed by atoms with Crippen LogP contribution in [0.1, 0.15) is 130 Å². The van der Waals surface area contributed by atoms with Gasteiger partial charge in [0.05, 0.1) is 11.4 Å². The van der Waals surface area contributed by atoms with E-state index >= 15 is 0 Å². The molecule has 0 amide bonds. The monoisotopic (exact) mass is 863 g/mol. The summed E-state index contributed by atoms with van der Waals surface area (Å²) in [6.45, 7) is 9.62. The van der Waals surface area contributed by atoms with Gasteiger partial charge in [0, 0.05) is 33.6 Å². The van der Waals surface area contributed by atoms with E-state index in [1.807, 2.05) is 0 Å². The second-order valence-corrected chi connectivity index (χ2v) is 21.3. The molecule has 1 spiro atoms. The van der Waals surface area contributed by atoms with Gasteiger partial charge >= 0.3 is 0 Å². The van der Waals surface area contributed by atoms with Crippen molar-refractivity contribution in [3.63, 3.8) is 0 Å². The summed E-state index contributed by atoms with van der Waals surface area (Å²) in [5, 5.41) is 0. The Labute approximate surface area is 394 Å². The molecule has 5 aliphatic carbocycles. The number of anilines is 6. The summed E-state index contributed by atoms with van der Waals surface area (Å²) in [7, 11) is 0. The van der Waals surface area contributed by atoms with Crippen LogP contribution in [0.25, 0.3) is 11.1 Å². The van der Waals surface area contributed by atoms with Crippen molar-refractivity contribution in [1.29, 1.82) is 0 Å². The molecule has 7 aromatic carbocycles. The minimum atomic E-state index is -0.107. The van der Waals surface area contributed by atoms with E-state index in [-0.39, 0.29) is 10.8 Å². The normalized spacial score (nSPS) is 22.9. The largest absolute Gasteiger partial charge is 0.310 e. The van der Waals surface area contributed by atoms with Crippen LogP contribution in [0, 0.1) is 23.7 Å². The van der Waals surface area contributed by atoms with Gasteiger partial charge in [-0.1, -0.05) is 163 Å². The van der Waals surface area contributed by atoms with Crippen molar-refractivity contribution in [3.8, 4) is 11.1 Å². The molecule has 0 aromatic heterocycles. The third-order valence-electron chi connectivity index (χ3n) is 17.7. The quantitative estimate of drug-likeness (QED) is 0.128. The molecule has 5 unspecified atom stereocenters. The van der Waals surface area contributed by atoms with Gasteiger partial charge < -0.3 is 9.80 Å². The smallest absolute Gasteiger partial charge is 0.0505 e. The topological polar surface area (TPSA) is 6.48 Å². The number of fused-ring (bicyclic) bond motifs is 5. The molecule has 0 N–H and O–H groups in total. The van der Waals surface area contributed by atoms with Crippen LogP contribution < -0.4 is 9.80 Å². The van der Waals surface area contributed by atoms with Crippen LogP contribution >= 0.6 is 0 Å². The fourth-order valence-corrected chi connectivity index (χ4v) is 14.8. The molecule has 12 rings (SSSR count). The molecule has 2 fully saturated rings. The molecular weight excluding hydrogens is 797 g/mol. The lowest BCUT2D eigenvalue weighted by Crippen LogP contribution is -2.35. The Balaban J connectivity index is 1.04. The summed E-state index contributed by atoms with van der Waals surface area (Å²) in [6, 6.07) is 63.3. The van der Waals surface area contributed by atoms with Crippen molar-refractivity contribution in [2.45, 2.75) is 115 Å². The Kier molecular flexibility index (Phi) is 10.4. The Morgan fingerprint density at radius 3 is 1.77 bits per heavy atom. The van der Waals surface area contributed by atoms with Crippen LogP contribution in [-0.4, -0.2) is 0 Å². The molecule has 0 bridgehead atoms. The number of para-hydroxylation sites is 3. The summed E-state index contributed by atoms with van der Waals surface area (Å²) in [5.41, 5.74) is 21.0. The van der Waals surface area contributed by atoms with Gasteiger partial charge in [-0.25, -0.2) is 0 Å². The fourth-order valence-electron chi connectivity index (χ4n) is 14.8. The van der Waals surface area contributed by atoms with Crippen LogP contribution in [0.4, 0.5) is 34.1 Å². The van der Waals surface area contributed by atoms with Crippen molar-refractivity contribution < 1.29 is 0 Å². The molecule has 332 valence electrons. The SMILES string of the molecule is CCC(CC)CC1CCCC(c2ccccc2N(c2ccccc2)c2cccc3c2C24c5c(cccc5N(c5ccccc5)c5ccc6c(c5)C(C)(C)c5ccccc5-6)CC2CCC4C3)C1. The molecule has 0 saturated heterocycles. The van der Waals surface area contributed by atoms with E-state index in [1.54, 1.807) is 16.7 Å². The van der Waals surface area contributed by atoms with Crippen LogP contribution in [0.5, 0.6) is 0 Å². The average Bonchev–Trinajstić information content (AvgIpc) is 4.06. The second-order valence-electron chi connectivity index (χ2n) is 21.3. The molecular formula is C64H66N2. The predicted octanol–water partition coefficient (Wildman–Crippen LogP) is 17.5. The maximum Gasteiger partial charge on any atom is 0.0505 e. The number of benzene rings is 7. The molecule has 2 saturated carbocycles. The van der Waals surface area contributed by atoms with E-state index < -0.39 is 0 Å². The van der Waals surface area contributed by atoms with Gasteiger partial charge in [-0.05, 0) is 179 Å². The van der Waals surface area contributed by atoms with E-state index in [2.05, 4.69) is 201 Å². The maximum atomic E-state index is 2.72. The molecule has 0 aliphatic heterocycles. The summed E-state index contributed by atoms with van der Waals surface area (Å²) in [5.74, 6) is 3.30. The lowest BCUT2D eigenvalue weighted by molar-refractivity contribution is 0.258. The third-order valence-corrected chi connectivity index (χ3v) is 17.7. The Morgan fingerprint density at radius 1 is 0.515 bits per heavy atom. The predicted molar refractivity (Wildman–Crippen MR) is 278 cm³/mol. The van der Waals surface area contributed by atoms with Crippen LogP contribution in [0.3, 0.4) is 0 Å². The van der Waals surface area contributed by atoms with E-state index in [0.29, 0.717) is 17.8 Å². The molecule has 5 atom stereocenters. The van der Waals surface area contributed by atoms with Gasteiger partial charge in [0.25, 0.3) is 0 Å². The highest BCUT2D eigenvalue weighted by atomic mass is 15.2.